The summed E-state index contributed by atoms with van der Waals surface area (Å²) in [6.07, 6.45) is 4.67. The highest BCUT2D eigenvalue weighted by Crippen LogP contribution is 2.30. The quantitative estimate of drug-likeness (QED) is 0.726. The van der Waals surface area contributed by atoms with Crippen molar-refractivity contribution in [3.63, 3.8) is 0 Å². The molecule has 0 aliphatic carbocycles. The molecule has 0 saturated carbocycles. The van der Waals surface area contributed by atoms with Crippen molar-refractivity contribution in [3.8, 4) is 0 Å². The van der Waals surface area contributed by atoms with Gasteiger partial charge in [-0.1, -0.05) is 40.2 Å². The van der Waals surface area contributed by atoms with Crippen molar-refractivity contribution in [1.29, 1.82) is 0 Å². The lowest BCUT2D eigenvalue weighted by atomic mass is 9.95. The third kappa shape index (κ3) is 4.95. The largest absolute Gasteiger partial charge is 0.313 e. The van der Waals surface area contributed by atoms with Crippen LogP contribution in [-0.2, 0) is 5.41 Å². The van der Waals surface area contributed by atoms with Gasteiger partial charge >= 0.3 is 0 Å². The van der Waals surface area contributed by atoms with E-state index in [0.717, 1.165) is 19.5 Å². The minimum Gasteiger partial charge on any atom is -0.313 e. The van der Waals surface area contributed by atoms with Crippen molar-refractivity contribution >= 4 is 17.4 Å². The topological polar surface area (TPSA) is 12.0 Å². The van der Waals surface area contributed by atoms with Gasteiger partial charge < -0.3 is 5.32 Å². The van der Waals surface area contributed by atoms with E-state index in [2.05, 4.69) is 58.1 Å². The van der Waals surface area contributed by atoms with E-state index in [1.54, 1.807) is 0 Å². The van der Waals surface area contributed by atoms with Crippen LogP contribution in [0.15, 0.2) is 17.7 Å². The van der Waals surface area contributed by atoms with Crippen molar-refractivity contribution in [2.24, 2.45) is 0 Å². The Labute approximate surface area is 116 Å². The average molecular weight is 265 g/mol. The van der Waals surface area contributed by atoms with Crippen LogP contribution in [0.1, 0.15) is 57.2 Å². The molecule has 0 spiro atoms. The van der Waals surface area contributed by atoms with E-state index in [1.807, 2.05) is 11.3 Å². The fourth-order valence-electron chi connectivity index (χ4n) is 1.74. The van der Waals surface area contributed by atoms with Gasteiger partial charge in [0.05, 0.1) is 0 Å². The molecular weight excluding hydrogens is 238 g/mol. The third-order valence-corrected chi connectivity index (χ3v) is 4.40. The summed E-state index contributed by atoms with van der Waals surface area (Å²) in [6, 6.07) is 4.52. The standard InChI is InChI=1S/C16H27NS/c1-6-10-17-12-13(7-2)11-14-8-9-15(18-14)16(3,4)5/h8-9,11,17H,6-7,10,12H2,1-5H3/b13-11+. The lowest BCUT2D eigenvalue weighted by Crippen LogP contribution is -2.17. The molecule has 1 aromatic rings. The predicted molar refractivity (Wildman–Crippen MR) is 84.4 cm³/mol. The van der Waals surface area contributed by atoms with Gasteiger partial charge in [-0.05, 0) is 43.0 Å². The molecule has 18 heavy (non-hydrogen) atoms. The second-order valence-electron chi connectivity index (χ2n) is 5.78. The van der Waals surface area contributed by atoms with Gasteiger partial charge in [0.1, 0.15) is 0 Å². The van der Waals surface area contributed by atoms with Gasteiger partial charge in [0.15, 0.2) is 0 Å². The molecule has 1 aromatic heterocycles. The van der Waals surface area contributed by atoms with Crippen LogP contribution < -0.4 is 5.32 Å². The van der Waals surface area contributed by atoms with Crippen molar-refractivity contribution in [3.05, 3.63) is 27.5 Å². The van der Waals surface area contributed by atoms with Crippen LogP contribution in [0.5, 0.6) is 0 Å². The second-order valence-corrected chi connectivity index (χ2v) is 6.90. The summed E-state index contributed by atoms with van der Waals surface area (Å²) in [7, 11) is 0. The lowest BCUT2D eigenvalue weighted by Gasteiger charge is -2.15. The van der Waals surface area contributed by atoms with Gasteiger partial charge in [0, 0.05) is 16.3 Å². The van der Waals surface area contributed by atoms with Gasteiger partial charge in [-0.25, -0.2) is 0 Å². The van der Waals surface area contributed by atoms with Crippen LogP contribution in [0.3, 0.4) is 0 Å². The highest BCUT2D eigenvalue weighted by Gasteiger charge is 2.15. The average Bonchev–Trinajstić information content (AvgIpc) is 2.76. The smallest absolute Gasteiger partial charge is 0.0273 e. The van der Waals surface area contributed by atoms with Crippen LogP contribution in [0.25, 0.3) is 6.08 Å². The van der Waals surface area contributed by atoms with E-state index in [0.29, 0.717) is 0 Å². The van der Waals surface area contributed by atoms with Gasteiger partial charge in [-0.15, -0.1) is 11.3 Å². The fourth-order valence-corrected chi connectivity index (χ4v) is 2.80. The summed E-state index contributed by atoms with van der Waals surface area (Å²) in [4.78, 5) is 2.85. The van der Waals surface area contributed by atoms with Crippen LogP contribution in [0.4, 0.5) is 0 Å². The number of rotatable bonds is 6. The fraction of sp³-hybridized carbons (Fsp3) is 0.625. The van der Waals surface area contributed by atoms with Crippen molar-refractivity contribution in [2.75, 3.05) is 13.1 Å². The molecule has 1 rings (SSSR count). The predicted octanol–water partition coefficient (Wildman–Crippen LogP) is 4.84. The Morgan fingerprint density at radius 3 is 2.50 bits per heavy atom. The number of nitrogens with one attached hydrogen (secondary N) is 1. The maximum atomic E-state index is 3.48. The Balaban J connectivity index is 2.70. The summed E-state index contributed by atoms with van der Waals surface area (Å²) in [5.41, 5.74) is 1.76. The molecular formula is C16H27NS. The van der Waals surface area contributed by atoms with Crippen LogP contribution >= 0.6 is 11.3 Å². The van der Waals surface area contributed by atoms with Gasteiger partial charge in [0.25, 0.3) is 0 Å². The molecule has 0 atom stereocenters. The van der Waals surface area contributed by atoms with Gasteiger partial charge in [-0.3, -0.25) is 0 Å². The second kappa shape index (κ2) is 7.10. The first kappa shape index (κ1) is 15.5. The Morgan fingerprint density at radius 1 is 1.28 bits per heavy atom. The monoisotopic (exact) mass is 265 g/mol. The van der Waals surface area contributed by atoms with Crippen molar-refractivity contribution in [2.45, 2.75) is 52.9 Å². The molecule has 0 aliphatic rings. The molecule has 0 radical (unpaired) electrons. The first-order valence-electron chi connectivity index (χ1n) is 6.97. The minimum atomic E-state index is 0.267. The lowest BCUT2D eigenvalue weighted by molar-refractivity contribution is 0.604. The molecule has 0 aliphatic heterocycles. The van der Waals surface area contributed by atoms with E-state index in [4.69, 9.17) is 0 Å². The summed E-state index contributed by atoms with van der Waals surface area (Å²) >= 11 is 1.92. The maximum Gasteiger partial charge on any atom is 0.0273 e. The van der Waals surface area contributed by atoms with E-state index < -0.39 is 0 Å². The molecule has 0 fully saturated rings. The Kier molecular flexibility index (Phi) is 6.10. The van der Waals surface area contributed by atoms with Crippen LogP contribution in [-0.4, -0.2) is 13.1 Å². The van der Waals surface area contributed by atoms with E-state index >= 15 is 0 Å². The zero-order chi connectivity index (χ0) is 13.6. The summed E-state index contributed by atoms with van der Waals surface area (Å²) in [5, 5.41) is 3.48. The molecule has 0 bridgehead atoms. The highest BCUT2D eigenvalue weighted by molar-refractivity contribution is 7.13. The Hall–Kier alpha value is -0.600. The van der Waals surface area contributed by atoms with E-state index in [-0.39, 0.29) is 5.41 Å². The third-order valence-electron chi connectivity index (χ3n) is 2.95. The normalized spacial score (nSPS) is 13.1. The zero-order valence-electron chi connectivity index (χ0n) is 12.5. The number of thiophene rings is 1. The molecule has 1 N–H and O–H groups in total. The van der Waals surface area contributed by atoms with Gasteiger partial charge in [-0.2, -0.15) is 0 Å². The number of hydrogen-bond acceptors (Lipinski definition) is 2. The molecule has 102 valence electrons. The van der Waals surface area contributed by atoms with E-state index in [1.165, 1.54) is 21.7 Å². The SMILES string of the molecule is CCCNC/C(=C/c1ccc(C(C)(C)C)s1)CC. The van der Waals surface area contributed by atoms with Crippen LogP contribution in [0.2, 0.25) is 0 Å². The Morgan fingerprint density at radius 2 is 2.00 bits per heavy atom. The Bertz CT molecular complexity index is 382. The molecule has 1 heterocycles. The van der Waals surface area contributed by atoms with Crippen molar-refractivity contribution in [1.82, 2.24) is 5.32 Å². The molecule has 0 amide bonds. The first-order chi connectivity index (χ1) is 8.47. The highest BCUT2D eigenvalue weighted by atomic mass is 32.1. The van der Waals surface area contributed by atoms with Crippen LogP contribution in [0, 0.1) is 0 Å². The summed E-state index contributed by atoms with van der Waals surface area (Å²) in [5.74, 6) is 0. The van der Waals surface area contributed by atoms with Gasteiger partial charge in [0.2, 0.25) is 0 Å². The molecule has 0 aromatic carbocycles. The summed E-state index contributed by atoms with van der Waals surface area (Å²) in [6.45, 7) is 13.4. The first-order valence-corrected chi connectivity index (χ1v) is 7.79. The molecule has 0 unspecified atom stereocenters. The molecule has 0 saturated heterocycles. The number of hydrogen-bond donors (Lipinski definition) is 1. The minimum absolute atomic E-state index is 0.267. The summed E-state index contributed by atoms with van der Waals surface area (Å²) < 4.78 is 0. The zero-order valence-corrected chi connectivity index (χ0v) is 13.3. The van der Waals surface area contributed by atoms with Crippen molar-refractivity contribution < 1.29 is 0 Å². The molecule has 1 nitrogen and oxygen atoms in total. The maximum absolute atomic E-state index is 3.48. The molecule has 2 heteroatoms. The van der Waals surface area contributed by atoms with E-state index in [9.17, 15) is 0 Å².